The summed E-state index contributed by atoms with van der Waals surface area (Å²) in [5.41, 5.74) is 3.56. The van der Waals surface area contributed by atoms with Crippen LogP contribution in [0.2, 0.25) is 0 Å². The first-order valence-corrected chi connectivity index (χ1v) is 7.25. The molecule has 2 aromatic rings. The van der Waals surface area contributed by atoms with E-state index in [-0.39, 0.29) is 12.4 Å². The van der Waals surface area contributed by atoms with E-state index in [4.69, 9.17) is 9.47 Å². The molecule has 5 nitrogen and oxygen atoms in total. The average Bonchev–Trinajstić information content (AvgIpc) is 3.13. The van der Waals surface area contributed by atoms with Crippen molar-refractivity contribution in [3.05, 3.63) is 53.1 Å². The number of halogens is 1. The largest absolute Gasteiger partial charge is 0.474 e. The third-order valence-corrected chi connectivity index (χ3v) is 3.87. The summed E-state index contributed by atoms with van der Waals surface area (Å²) >= 11 is 0. The Labute approximate surface area is 133 Å². The van der Waals surface area contributed by atoms with Gasteiger partial charge in [-0.25, -0.2) is 14.2 Å². The van der Waals surface area contributed by atoms with Crippen LogP contribution in [0.5, 0.6) is 0 Å². The smallest absolute Gasteiger partial charge is 0.334 e. The van der Waals surface area contributed by atoms with Gasteiger partial charge in [-0.05, 0) is 44.2 Å². The van der Waals surface area contributed by atoms with Gasteiger partial charge in [0.25, 0.3) is 0 Å². The van der Waals surface area contributed by atoms with Crippen LogP contribution in [0.3, 0.4) is 0 Å². The number of methoxy groups -OCH3 is 1. The molecule has 1 aromatic carbocycles. The predicted molar refractivity (Wildman–Crippen MR) is 83.5 cm³/mol. The average molecular weight is 316 g/mol. The van der Waals surface area contributed by atoms with Gasteiger partial charge in [0.1, 0.15) is 12.4 Å². The number of esters is 1. The molecule has 3 rings (SSSR count). The zero-order chi connectivity index (χ0) is 16.6. The van der Waals surface area contributed by atoms with Crippen molar-refractivity contribution in [3.8, 4) is 5.69 Å². The molecule has 120 valence electrons. The van der Waals surface area contributed by atoms with E-state index in [0.29, 0.717) is 5.90 Å². The normalized spacial score (nSPS) is 16.9. The Kier molecular flexibility index (Phi) is 3.90. The van der Waals surface area contributed by atoms with Gasteiger partial charge in [-0.2, -0.15) is 0 Å². The summed E-state index contributed by atoms with van der Waals surface area (Å²) in [5, 5.41) is 0. The number of benzene rings is 1. The molecule has 0 saturated carbocycles. The van der Waals surface area contributed by atoms with Gasteiger partial charge in [-0.15, -0.1) is 0 Å². The molecule has 1 aromatic heterocycles. The van der Waals surface area contributed by atoms with Gasteiger partial charge in [-0.1, -0.05) is 0 Å². The van der Waals surface area contributed by atoms with Crippen LogP contribution in [0.25, 0.3) is 5.69 Å². The molecule has 0 saturated heterocycles. The van der Waals surface area contributed by atoms with Crippen LogP contribution < -0.4 is 0 Å². The molecule has 1 atom stereocenters. The highest BCUT2D eigenvalue weighted by Gasteiger charge is 2.29. The molecular weight excluding hydrogens is 299 g/mol. The Morgan fingerprint density at radius 3 is 2.70 bits per heavy atom. The van der Waals surface area contributed by atoms with Gasteiger partial charge in [0.2, 0.25) is 5.90 Å². The van der Waals surface area contributed by atoms with Crippen LogP contribution in [0, 0.1) is 19.7 Å². The molecule has 1 aliphatic heterocycles. The van der Waals surface area contributed by atoms with Crippen LogP contribution in [0.1, 0.15) is 17.0 Å². The first-order valence-electron chi connectivity index (χ1n) is 7.25. The van der Waals surface area contributed by atoms with E-state index in [0.717, 1.165) is 22.6 Å². The Hall–Kier alpha value is -2.63. The number of ether oxygens (including phenoxy) is 2. The van der Waals surface area contributed by atoms with Crippen LogP contribution in [-0.2, 0) is 14.3 Å². The highest BCUT2D eigenvalue weighted by molar-refractivity contribution is 5.99. The lowest BCUT2D eigenvalue weighted by molar-refractivity contribution is -0.142. The van der Waals surface area contributed by atoms with E-state index in [1.807, 2.05) is 24.5 Å². The summed E-state index contributed by atoms with van der Waals surface area (Å²) in [6, 6.07) is 7.59. The zero-order valence-electron chi connectivity index (χ0n) is 13.2. The molecular formula is C17H17FN2O3. The quantitative estimate of drug-likeness (QED) is 0.818. The molecule has 23 heavy (non-hydrogen) atoms. The fourth-order valence-corrected chi connectivity index (χ4v) is 2.74. The van der Waals surface area contributed by atoms with Crippen molar-refractivity contribution in [3.63, 3.8) is 0 Å². The summed E-state index contributed by atoms with van der Waals surface area (Å²) < 4.78 is 25.4. The number of aryl methyl sites for hydroxylation is 1. The van der Waals surface area contributed by atoms with Crippen molar-refractivity contribution in [2.45, 2.75) is 19.9 Å². The fourth-order valence-electron chi connectivity index (χ4n) is 2.74. The van der Waals surface area contributed by atoms with E-state index < -0.39 is 12.0 Å². The van der Waals surface area contributed by atoms with Crippen molar-refractivity contribution in [1.29, 1.82) is 0 Å². The van der Waals surface area contributed by atoms with Gasteiger partial charge >= 0.3 is 5.97 Å². The number of hydrogen-bond donors (Lipinski definition) is 0. The summed E-state index contributed by atoms with van der Waals surface area (Å²) in [7, 11) is 1.33. The number of carbonyl (C=O) groups is 1. The summed E-state index contributed by atoms with van der Waals surface area (Å²) in [6.45, 7) is 4.07. The second kappa shape index (κ2) is 5.87. The molecule has 1 aliphatic rings. The Balaban J connectivity index is 1.99. The minimum absolute atomic E-state index is 0.183. The second-order valence-electron chi connectivity index (χ2n) is 5.38. The number of aliphatic imine (C=N–C) groups is 1. The first kappa shape index (κ1) is 15.3. The second-order valence-corrected chi connectivity index (χ2v) is 5.38. The third-order valence-electron chi connectivity index (χ3n) is 3.87. The first-order chi connectivity index (χ1) is 11.0. The lowest BCUT2D eigenvalue weighted by Gasteiger charge is -2.09. The highest BCUT2D eigenvalue weighted by atomic mass is 19.1. The maximum atomic E-state index is 13.1. The molecule has 0 bridgehead atoms. The van der Waals surface area contributed by atoms with Gasteiger partial charge in [0.15, 0.2) is 6.04 Å². The van der Waals surface area contributed by atoms with E-state index >= 15 is 0 Å². The molecule has 0 fully saturated rings. The molecule has 0 aliphatic carbocycles. The minimum Gasteiger partial charge on any atom is -0.474 e. The monoisotopic (exact) mass is 316 g/mol. The van der Waals surface area contributed by atoms with Gasteiger partial charge in [0, 0.05) is 17.1 Å². The predicted octanol–water partition coefficient (Wildman–Crippen LogP) is 2.55. The standard InChI is InChI=1S/C17H17FN2O3/c1-10-8-14(16-19-15(9-23-16)17(21)22-3)11(2)20(10)13-6-4-12(18)5-7-13/h4-8,15H,9H2,1-3H3/t15-/m0/s1. The Bertz CT molecular complexity index is 778. The highest BCUT2D eigenvalue weighted by Crippen LogP contribution is 2.24. The van der Waals surface area contributed by atoms with Crippen molar-refractivity contribution >= 4 is 11.9 Å². The van der Waals surface area contributed by atoms with Crippen LogP contribution in [0.4, 0.5) is 4.39 Å². The number of hydrogen-bond acceptors (Lipinski definition) is 4. The SMILES string of the molecule is COC(=O)[C@@H]1COC(c2cc(C)n(-c3ccc(F)cc3)c2C)=N1. The number of aromatic nitrogens is 1. The van der Waals surface area contributed by atoms with Crippen molar-refractivity contribution in [1.82, 2.24) is 4.57 Å². The maximum Gasteiger partial charge on any atom is 0.334 e. The Morgan fingerprint density at radius 2 is 2.04 bits per heavy atom. The molecule has 0 radical (unpaired) electrons. The van der Waals surface area contributed by atoms with Crippen LogP contribution >= 0.6 is 0 Å². The van der Waals surface area contributed by atoms with E-state index in [2.05, 4.69) is 4.99 Å². The lowest BCUT2D eigenvalue weighted by Crippen LogP contribution is -2.21. The van der Waals surface area contributed by atoms with Crippen molar-refractivity contribution in [2.75, 3.05) is 13.7 Å². The third kappa shape index (κ3) is 2.72. The number of nitrogens with zero attached hydrogens (tertiary/aromatic N) is 2. The van der Waals surface area contributed by atoms with Gasteiger partial charge in [0.05, 0.1) is 12.7 Å². The zero-order valence-corrected chi connectivity index (χ0v) is 13.2. The molecule has 0 spiro atoms. The molecule has 0 amide bonds. The van der Waals surface area contributed by atoms with Crippen LogP contribution in [-0.4, -0.2) is 36.2 Å². The number of rotatable bonds is 3. The topological polar surface area (TPSA) is 52.8 Å². The summed E-state index contributed by atoms with van der Waals surface area (Å²) in [4.78, 5) is 15.9. The summed E-state index contributed by atoms with van der Waals surface area (Å²) in [5.74, 6) is -0.255. The molecule has 6 heteroatoms. The van der Waals surface area contributed by atoms with Gasteiger partial charge in [-0.3, -0.25) is 0 Å². The van der Waals surface area contributed by atoms with E-state index in [9.17, 15) is 9.18 Å². The van der Waals surface area contributed by atoms with Gasteiger partial charge < -0.3 is 14.0 Å². The van der Waals surface area contributed by atoms with Crippen LogP contribution in [0.15, 0.2) is 35.3 Å². The minimum atomic E-state index is -0.621. The van der Waals surface area contributed by atoms with Crippen molar-refractivity contribution in [2.24, 2.45) is 4.99 Å². The van der Waals surface area contributed by atoms with E-state index in [1.54, 1.807) is 12.1 Å². The summed E-state index contributed by atoms with van der Waals surface area (Å²) in [6.07, 6.45) is 0. The lowest BCUT2D eigenvalue weighted by atomic mass is 10.2. The molecule has 0 N–H and O–H groups in total. The fraction of sp³-hybridized carbons (Fsp3) is 0.294. The molecule has 2 heterocycles. The maximum absolute atomic E-state index is 13.1. The molecule has 0 unspecified atom stereocenters. The number of carbonyl (C=O) groups excluding carboxylic acids is 1. The van der Waals surface area contributed by atoms with E-state index in [1.165, 1.54) is 19.2 Å². The Morgan fingerprint density at radius 1 is 1.35 bits per heavy atom. The van der Waals surface area contributed by atoms with Crippen molar-refractivity contribution < 1.29 is 18.7 Å².